The maximum absolute atomic E-state index is 9.58. The molecule has 14 heavy (non-hydrogen) atoms. The molecule has 0 amide bonds. The minimum Gasteiger partial charge on any atom is -0.504 e. The van der Waals surface area contributed by atoms with Gasteiger partial charge in [0.05, 0.1) is 6.10 Å². The van der Waals surface area contributed by atoms with Crippen molar-refractivity contribution in [1.82, 2.24) is 0 Å². The fourth-order valence-electron chi connectivity index (χ4n) is 1.17. The number of hydrogen-bond acceptors (Lipinski definition) is 4. The van der Waals surface area contributed by atoms with Gasteiger partial charge in [-0.3, -0.25) is 0 Å². The lowest BCUT2D eigenvalue weighted by molar-refractivity contribution is 0.165. The fraction of sp³-hybridized carbons (Fsp3) is 0.333. The van der Waals surface area contributed by atoms with Gasteiger partial charge in [0, 0.05) is 10.0 Å². The predicted octanol–water partition coefficient (Wildman–Crippen LogP) is 1.24. The molecule has 0 saturated heterocycles. The van der Waals surface area contributed by atoms with E-state index < -0.39 is 6.10 Å². The summed E-state index contributed by atoms with van der Waals surface area (Å²) in [5, 5.41) is 28.3. The molecule has 1 aromatic rings. The van der Waals surface area contributed by atoms with Crippen LogP contribution >= 0.6 is 15.9 Å². The number of rotatable bonds is 3. The summed E-state index contributed by atoms with van der Waals surface area (Å²) >= 11 is 3.15. The molecule has 0 aromatic heterocycles. The Hall–Kier alpha value is -0.780. The molecule has 78 valence electrons. The molecule has 0 aliphatic heterocycles. The molecule has 4 nitrogen and oxygen atoms in total. The van der Waals surface area contributed by atoms with Crippen LogP contribution in [0.1, 0.15) is 18.1 Å². The van der Waals surface area contributed by atoms with Crippen LogP contribution in [-0.4, -0.2) is 21.9 Å². The highest BCUT2D eigenvalue weighted by molar-refractivity contribution is 9.10. The van der Waals surface area contributed by atoms with Crippen LogP contribution in [0.2, 0.25) is 0 Å². The van der Waals surface area contributed by atoms with E-state index >= 15 is 0 Å². The maximum atomic E-state index is 9.58. The average molecular weight is 262 g/mol. The minimum absolute atomic E-state index is 0.259. The molecule has 1 unspecified atom stereocenters. The van der Waals surface area contributed by atoms with E-state index in [0.717, 1.165) is 0 Å². The summed E-state index contributed by atoms with van der Waals surface area (Å²) in [4.78, 5) is 0. The number of benzene rings is 1. The molecule has 0 saturated carbocycles. The first-order valence-corrected chi connectivity index (χ1v) is 4.95. The van der Waals surface area contributed by atoms with Crippen molar-refractivity contribution in [2.24, 2.45) is 5.73 Å². The second-order valence-corrected chi connectivity index (χ2v) is 3.87. The molecule has 0 bridgehead atoms. The summed E-state index contributed by atoms with van der Waals surface area (Å²) in [6, 6.07) is 2.91. The van der Waals surface area contributed by atoms with Gasteiger partial charge in [0.1, 0.15) is 0 Å². The lowest BCUT2D eigenvalue weighted by atomic mass is 10.1. The molecule has 0 fully saturated rings. The summed E-state index contributed by atoms with van der Waals surface area (Å²) < 4.78 is 0.596. The maximum Gasteiger partial charge on any atom is 0.163 e. The third kappa shape index (κ3) is 2.37. The van der Waals surface area contributed by atoms with Crippen LogP contribution < -0.4 is 5.73 Å². The van der Waals surface area contributed by atoms with Gasteiger partial charge in [-0.2, -0.15) is 0 Å². The Kier molecular flexibility index (Phi) is 3.74. The Labute approximate surface area is 90.1 Å². The van der Waals surface area contributed by atoms with Gasteiger partial charge in [-0.25, -0.2) is 0 Å². The van der Waals surface area contributed by atoms with E-state index in [9.17, 15) is 15.3 Å². The molecule has 0 spiro atoms. The highest BCUT2D eigenvalue weighted by Gasteiger charge is 2.15. The SMILES string of the molecule is NCCC(O)c1cc(Br)cc(O)c1O. The number of hydrogen-bond donors (Lipinski definition) is 4. The minimum atomic E-state index is -0.858. The lowest BCUT2D eigenvalue weighted by Gasteiger charge is -2.12. The van der Waals surface area contributed by atoms with E-state index in [2.05, 4.69) is 15.9 Å². The van der Waals surface area contributed by atoms with Crippen molar-refractivity contribution in [3.05, 3.63) is 22.2 Å². The van der Waals surface area contributed by atoms with Crippen LogP contribution in [0.25, 0.3) is 0 Å². The average Bonchev–Trinajstić information content (AvgIpc) is 2.11. The third-order valence-corrected chi connectivity index (χ3v) is 2.34. The Morgan fingerprint density at radius 2 is 2.00 bits per heavy atom. The van der Waals surface area contributed by atoms with Gasteiger partial charge in [0.25, 0.3) is 0 Å². The van der Waals surface area contributed by atoms with Gasteiger partial charge in [-0.15, -0.1) is 0 Å². The zero-order valence-corrected chi connectivity index (χ0v) is 9.03. The number of halogens is 1. The molecule has 0 radical (unpaired) electrons. The summed E-state index contributed by atoms with van der Waals surface area (Å²) in [6.07, 6.45) is -0.521. The smallest absolute Gasteiger partial charge is 0.163 e. The number of phenols is 2. The van der Waals surface area contributed by atoms with Crippen LogP contribution in [-0.2, 0) is 0 Å². The van der Waals surface area contributed by atoms with Crippen LogP contribution in [0, 0.1) is 0 Å². The van der Waals surface area contributed by atoms with Crippen molar-refractivity contribution < 1.29 is 15.3 Å². The first kappa shape index (κ1) is 11.3. The van der Waals surface area contributed by atoms with Gasteiger partial charge >= 0.3 is 0 Å². The first-order chi connectivity index (χ1) is 6.56. The van der Waals surface area contributed by atoms with E-state index in [0.29, 0.717) is 17.4 Å². The Morgan fingerprint density at radius 1 is 1.36 bits per heavy atom. The lowest BCUT2D eigenvalue weighted by Crippen LogP contribution is -2.06. The summed E-state index contributed by atoms with van der Waals surface area (Å²) in [7, 11) is 0. The zero-order valence-electron chi connectivity index (χ0n) is 7.44. The molecule has 1 atom stereocenters. The van der Waals surface area contributed by atoms with Crippen molar-refractivity contribution in [3.8, 4) is 11.5 Å². The summed E-state index contributed by atoms with van der Waals surface area (Å²) in [5.74, 6) is -0.556. The number of aliphatic hydroxyl groups excluding tert-OH is 1. The molecule has 1 aromatic carbocycles. The number of nitrogens with two attached hydrogens (primary N) is 1. The second kappa shape index (κ2) is 4.63. The van der Waals surface area contributed by atoms with E-state index in [4.69, 9.17) is 5.73 Å². The van der Waals surface area contributed by atoms with Crippen molar-refractivity contribution in [2.75, 3.05) is 6.54 Å². The molecule has 0 heterocycles. The highest BCUT2D eigenvalue weighted by Crippen LogP contribution is 2.36. The largest absolute Gasteiger partial charge is 0.504 e. The van der Waals surface area contributed by atoms with Crippen molar-refractivity contribution >= 4 is 15.9 Å². The summed E-state index contributed by atoms with van der Waals surface area (Å²) in [5.41, 5.74) is 5.56. The highest BCUT2D eigenvalue weighted by atomic mass is 79.9. The molecule has 5 heteroatoms. The van der Waals surface area contributed by atoms with E-state index in [1.807, 2.05) is 0 Å². The van der Waals surface area contributed by atoms with E-state index in [1.54, 1.807) is 6.07 Å². The van der Waals surface area contributed by atoms with E-state index in [1.165, 1.54) is 6.07 Å². The quantitative estimate of drug-likeness (QED) is 0.617. The first-order valence-electron chi connectivity index (χ1n) is 4.15. The summed E-state index contributed by atoms with van der Waals surface area (Å²) in [6.45, 7) is 0.313. The van der Waals surface area contributed by atoms with Gasteiger partial charge < -0.3 is 21.1 Å². The third-order valence-electron chi connectivity index (χ3n) is 1.88. The standard InChI is InChI=1S/C9H12BrNO3/c10-5-3-6(7(12)1-2-11)9(14)8(13)4-5/h3-4,7,12-14H,1-2,11H2. The Morgan fingerprint density at radius 3 is 2.57 bits per heavy atom. The van der Waals surface area contributed by atoms with Crippen LogP contribution in [0.4, 0.5) is 0 Å². The van der Waals surface area contributed by atoms with E-state index in [-0.39, 0.29) is 17.1 Å². The Balaban J connectivity index is 3.07. The molecular formula is C9H12BrNO3. The number of phenolic OH excluding ortho intramolecular Hbond substituents is 2. The van der Waals surface area contributed by atoms with Gasteiger partial charge in [0.2, 0.25) is 0 Å². The number of aromatic hydroxyl groups is 2. The second-order valence-electron chi connectivity index (χ2n) is 2.96. The van der Waals surface area contributed by atoms with Gasteiger partial charge in [-0.1, -0.05) is 15.9 Å². The fourth-order valence-corrected chi connectivity index (χ4v) is 1.64. The van der Waals surface area contributed by atoms with Crippen LogP contribution in [0.15, 0.2) is 16.6 Å². The van der Waals surface area contributed by atoms with Crippen LogP contribution in [0.5, 0.6) is 11.5 Å². The topological polar surface area (TPSA) is 86.7 Å². The van der Waals surface area contributed by atoms with Crippen molar-refractivity contribution in [1.29, 1.82) is 0 Å². The van der Waals surface area contributed by atoms with Gasteiger partial charge in [-0.05, 0) is 25.1 Å². The normalized spacial score (nSPS) is 12.8. The monoisotopic (exact) mass is 261 g/mol. The molecule has 1 rings (SSSR count). The number of aliphatic hydroxyl groups is 1. The predicted molar refractivity (Wildman–Crippen MR) is 56.1 cm³/mol. The molecular weight excluding hydrogens is 250 g/mol. The van der Waals surface area contributed by atoms with Crippen LogP contribution in [0.3, 0.4) is 0 Å². The van der Waals surface area contributed by atoms with Crippen molar-refractivity contribution in [3.63, 3.8) is 0 Å². The molecule has 0 aliphatic rings. The van der Waals surface area contributed by atoms with Gasteiger partial charge in [0.15, 0.2) is 11.5 Å². The molecule has 5 N–H and O–H groups in total. The molecule has 0 aliphatic carbocycles. The van der Waals surface area contributed by atoms with Crippen molar-refractivity contribution in [2.45, 2.75) is 12.5 Å². The zero-order chi connectivity index (χ0) is 10.7. The Bertz CT molecular complexity index is 330.